The topological polar surface area (TPSA) is 116 Å². The van der Waals surface area contributed by atoms with E-state index in [1.54, 1.807) is 0 Å². The van der Waals surface area contributed by atoms with Gasteiger partial charge in [-0.3, -0.25) is 14.9 Å². The van der Waals surface area contributed by atoms with E-state index in [-0.39, 0.29) is 30.0 Å². The normalized spacial score (nSPS) is 14.6. The molecule has 2 aromatic rings. The molecule has 0 fully saturated rings. The molecule has 0 bridgehead atoms. The molecule has 0 radical (unpaired) electrons. The molecule has 1 aliphatic rings. The van der Waals surface area contributed by atoms with Crippen molar-refractivity contribution in [2.24, 2.45) is 0 Å². The molecule has 1 heterocycles. The summed E-state index contributed by atoms with van der Waals surface area (Å²) < 4.78 is 1.13. The fourth-order valence-electron chi connectivity index (χ4n) is 3.18. The van der Waals surface area contributed by atoms with Crippen LogP contribution < -0.4 is 11.1 Å². The lowest BCUT2D eigenvalue weighted by Crippen LogP contribution is -2.31. The summed E-state index contributed by atoms with van der Waals surface area (Å²) in [6, 6.07) is 6.18. The number of benzene rings is 1. The molecule has 0 spiro atoms. The number of anilines is 1. The minimum atomic E-state index is -0.619. The molecule has 8 nitrogen and oxygen atoms in total. The summed E-state index contributed by atoms with van der Waals surface area (Å²) in [5, 5.41) is 17.5. The van der Waals surface area contributed by atoms with Crippen LogP contribution in [0.1, 0.15) is 42.5 Å². The number of hydrogen-bond acceptors (Lipinski definition) is 5. The summed E-state index contributed by atoms with van der Waals surface area (Å²) in [6.45, 7) is 1.76. The number of nitrogens with one attached hydrogen (secondary N) is 1. The lowest BCUT2D eigenvalue weighted by Gasteiger charge is -2.20. The number of fused-ring (bicyclic) bond motifs is 1. The molecule has 8 heteroatoms. The molecule has 3 N–H and O–H groups in total. The van der Waals surface area contributed by atoms with Gasteiger partial charge in [-0.1, -0.05) is 18.2 Å². The third kappa shape index (κ3) is 3.62. The predicted molar refractivity (Wildman–Crippen MR) is 92.9 cm³/mol. The molecule has 0 aliphatic heterocycles. The molecular formula is C17H21N5O3. The number of rotatable bonds is 5. The highest BCUT2D eigenvalue weighted by Gasteiger charge is 2.20. The summed E-state index contributed by atoms with van der Waals surface area (Å²) in [7, 11) is 0. The first-order chi connectivity index (χ1) is 12.0. The first-order valence-electron chi connectivity index (χ1n) is 8.32. The van der Waals surface area contributed by atoms with Gasteiger partial charge in [0.1, 0.15) is 12.7 Å². The predicted octanol–water partition coefficient (Wildman–Crippen LogP) is 2.13. The van der Waals surface area contributed by atoms with Gasteiger partial charge in [-0.2, -0.15) is 5.10 Å². The van der Waals surface area contributed by atoms with E-state index >= 15 is 0 Å². The van der Waals surface area contributed by atoms with Gasteiger partial charge < -0.3 is 11.1 Å². The van der Waals surface area contributed by atoms with Crippen molar-refractivity contribution in [2.75, 3.05) is 5.73 Å². The average molecular weight is 343 g/mol. The van der Waals surface area contributed by atoms with E-state index in [4.69, 9.17) is 5.73 Å². The Balaban J connectivity index is 1.65. The third-order valence-corrected chi connectivity index (χ3v) is 4.60. The zero-order valence-electron chi connectivity index (χ0n) is 14.1. The number of amides is 1. The van der Waals surface area contributed by atoms with E-state index in [0.29, 0.717) is 0 Å². The van der Waals surface area contributed by atoms with Crippen LogP contribution in [0.4, 0.5) is 11.5 Å². The van der Waals surface area contributed by atoms with Gasteiger partial charge in [0, 0.05) is 0 Å². The zero-order valence-corrected chi connectivity index (χ0v) is 14.1. The van der Waals surface area contributed by atoms with Crippen molar-refractivity contribution in [1.82, 2.24) is 15.1 Å². The minimum absolute atomic E-state index is 0.124. The number of hydrogen-bond donors (Lipinski definition) is 2. The highest BCUT2D eigenvalue weighted by Crippen LogP contribution is 2.25. The Kier molecular flexibility index (Phi) is 4.69. The van der Waals surface area contributed by atoms with Crippen molar-refractivity contribution in [3.8, 4) is 0 Å². The third-order valence-electron chi connectivity index (χ3n) is 4.60. The first kappa shape index (κ1) is 16.9. The van der Waals surface area contributed by atoms with Crippen molar-refractivity contribution in [3.05, 3.63) is 51.2 Å². The van der Waals surface area contributed by atoms with Gasteiger partial charge in [-0.25, -0.2) is 4.68 Å². The van der Waals surface area contributed by atoms with Gasteiger partial charge in [0.2, 0.25) is 11.7 Å². The van der Waals surface area contributed by atoms with Crippen LogP contribution in [0.15, 0.2) is 24.4 Å². The highest BCUT2D eigenvalue weighted by molar-refractivity contribution is 5.77. The van der Waals surface area contributed by atoms with E-state index in [1.165, 1.54) is 24.0 Å². The monoisotopic (exact) mass is 343 g/mol. The largest absolute Gasteiger partial charge is 0.378 e. The minimum Gasteiger partial charge on any atom is -0.378 e. The Morgan fingerprint density at radius 2 is 2.12 bits per heavy atom. The van der Waals surface area contributed by atoms with E-state index < -0.39 is 4.92 Å². The number of carbonyl (C=O) groups is 1. The summed E-state index contributed by atoms with van der Waals surface area (Å²) in [6.07, 6.45) is 5.69. The van der Waals surface area contributed by atoms with E-state index in [0.717, 1.165) is 29.3 Å². The molecule has 1 amide bonds. The summed E-state index contributed by atoms with van der Waals surface area (Å²) in [5.74, 6) is -0.420. The Hall–Kier alpha value is -2.90. The van der Waals surface area contributed by atoms with Crippen molar-refractivity contribution in [2.45, 2.75) is 45.2 Å². The van der Waals surface area contributed by atoms with E-state index in [9.17, 15) is 14.9 Å². The second-order valence-corrected chi connectivity index (χ2v) is 6.35. The molecule has 132 valence electrons. The molecule has 1 aliphatic carbocycles. The summed E-state index contributed by atoms with van der Waals surface area (Å²) in [5.41, 5.74) is 9.15. The SMILES string of the molecule is CC(NC(=O)Cn1ncc([N+](=O)[O-])c1N)c1ccc2c(c1)CCCC2. The van der Waals surface area contributed by atoms with Crippen LogP contribution >= 0.6 is 0 Å². The second kappa shape index (κ2) is 6.92. The molecule has 0 saturated carbocycles. The van der Waals surface area contributed by atoms with Gasteiger partial charge in [-0.05, 0) is 49.3 Å². The molecule has 1 aromatic carbocycles. The molecule has 25 heavy (non-hydrogen) atoms. The van der Waals surface area contributed by atoms with Crippen molar-refractivity contribution in [3.63, 3.8) is 0 Å². The maximum absolute atomic E-state index is 12.2. The Labute approximate surface area is 145 Å². The lowest BCUT2D eigenvalue weighted by atomic mass is 9.89. The van der Waals surface area contributed by atoms with E-state index in [2.05, 4.69) is 22.5 Å². The first-order valence-corrected chi connectivity index (χ1v) is 8.32. The van der Waals surface area contributed by atoms with Crippen LogP contribution in [0.25, 0.3) is 0 Å². The number of aryl methyl sites for hydroxylation is 2. The van der Waals surface area contributed by atoms with Crippen LogP contribution in [0.2, 0.25) is 0 Å². The highest BCUT2D eigenvalue weighted by atomic mass is 16.6. The molecule has 1 atom stereocenters. The lowest BCUT2D eigenvalue weighted by molar-refractivity contribution is -0.384. The fourth-order valence-corrected chi connectivity index (χ4v) is 3.18. The number of nitrogen functional groups attached to an aromatic ring is 1. The smallest absolute Gasteiger partial charge is 0.330 e. The Bertz CT molecular complexity index is 815. The second-order valence-electron chi connectivity index (χ2n) is 6.35. The standard InChI is InChI=1S/C17H21N5O3/c1-11(13-7-6-12-4-2-3-5-14(12)8-13)20-16(23)10-21-17(18)15(9-19-21)22(24)25/h6-9,11H,2-5,10,18H2,1H3,(H,20,23). The van der Waals surface area contributed by atoms with Gasteiger partial charge >= 0.3 is 5.69 Å². The van der Waals surface area contributed by atoms with Crippen LogP contribution in [-0.2, 0) is 24.2 Å². The maximum atomic E-state index is 12.2. The fraction of sp³-hybridized carbons (Fsp3) is 0.412. The summed E-state index contributed by atoms with van der Waals surface area (Å²) in [4.78, 5) is 22.4. The molecule has 3 rings (SSSR count). The zero-order chi connectivity index (χ0) is 18.0. The Morgan fingerprint density at radius 1 is 1.40 bits per heavy atom. The van der Waals surface area contributed by atoms with Gasteiger partial charge in [-0.15, -0.1) is 0 Å². The van der Waals surface area contributed by atoms with Gasteiger partial charge in [0.25, 0.3) is 0 Å². The van der Waals surface area contributed by atoms with Crippen molar-refractivity contribution >= 4 is 17.4 Å². The number of aromatic nitrogens is 2. The van der Waals surface area contributed by atoms with Crippen molar-refractivity contribution in [1.29, 1.82) is 0 Å². The number of carbonyl (C=O) groups excluding carboxylic acids is 1. The number of nitrogens with zero attached hydrogens (tertiary/aromatic N) is 3. The van der Waals surface area contributed by atoms with Crippen LogP contribution in [-0.4, -0.2) is 20.6 Å². The van der Waals surface area contributed by atoms with Gasteiger partial charge in [0.15, 0.2) is 0 Å². The molecule has 1 unspecified atom stereocenters. The molecule has 1 aromatic heterocycles. The van der Waals surface area contributed by atoms with Crippen molar-refractivity contribution < 1.29 is 9.72 Å². The average Bonchev–Trinajstić information content (AvgIpc) is 2.95. The van der Waals surface area contributed by atoms with Crippen LogP contribution in [0, 0.1) is 10.1 Å². The van der Waals surface area contributed by atoms with Crippen LogP contribution in [0.5, 0.6) is 0 Å². The molecular weight excluding hydrogens is 322 g/mol. The van der Waals surface area contributed by atoms with Crippen LogP contribution in [0.3, 0.4) is 0 Å². The molecule has 0 saturated heterocycles. The number of nitro groups is 1. The van der Waals surface area contributed by atoms with Gasteiger partial charge in [0.05, 0.1) is 11.0 Å². The van der Waals surface area contributed by atoms with E-state index in [1.807, 2.05) is 13.0 Å². The summed E-state index contributed by atoms with van der Waals surface area (Å²) >= 11 is 0. The maximum Gasteiger partial charge on any atom is 0.330 e. The quantitative estimate of drug-likeness (QED) is 0.637. The number of nitrogens with two attached hydrogens (primary N) is 1. The Morgan fingerprint density at radius 3 is 2.80 bits per heavy atom.